The molecule has 2 aromatic carbocycles. The molecule has 1 aromatic heterocycles. The molecule has 1 unspecified atom stereocenters. The molecule has 1 heterocycles. The molecule has 29 heavy (non-hydrogen) atoms. The van der Waals surface area contributed by atoms with E-state index in [0.717, 1.165) is 27.2 Å². The number of thioether (sulfide) groups is 1. The third-order valence-corrected chi connectivity index (χ3v) is 5.97. The predicted molar refractivity (Wildman–Crippen MR) is 118 cm³/mol. The Labute approximate surface area is 174 Å². The number of fused-ring (bicyclic) bond motifs is 1. The molecule has 0 radical (unpaired) electrons. The van der Waals surface area contributed by atoms with E-state index in [2.05, 4.69) is 5.32 Å². The number of pyridine rings is 1. The molecule has 3 aromatic rings. The number of hydrogen-bond donors (Lipinski definition) is 1. The van der Waals surface area contributed by atoms with Gasteiger partial charge in [-0.05, 0) is 62.2 Å². The summed E-state index contributed by atoms with van der Waals surface area (Å²) in [5.41, 5.74) is 3.18. The van der Waals surface area contributed by atoms with E-state index in [1.54, 1.807) is 31.4 Å². The summed E-state index contributed by atoms with van der Waals surface area (Å²) in [4.78, 5) is 28.9. The number of hydrogen-bond acceptors (Lipinski definition) is 5. The number of nitrogens with zero attached hydrogens (tertiary/aromatic N) is 1. The molecule has 0 aliphatic rings. The van der Waals surface area contributed by atoms with Gasteiger partial charge in [-0.15, -0.1) is 0 Å². The molecule has 150 valence electrons. The number of nitrogens with one attached hydrogen (secondary N) is 1. The second kappa shape index (κ2) is 9.09. The molecule has 5 nitrogen and oxygen atoms in total. The first-order chi connectivity index (χ1) is 13.9. The molecule has 0 spiro atoms. The van der Waals surface area contributed by atoms with E-state index in [9.17, 15) is 9.59 Å². The van der Waals surface area contributed by atoms with Gasteiger partial charge in [0, 0.05) is 16.6 Å². The van der Waals surface area contributed by atoms with Gasteiger partial charge < -0.3 is 10.1 Å². The zero-order chi connectivity index (χ0) is 21.0. The minimum Gasteiger partial charge on any atom is -0.494 e. The number of methoxy groups -OCH3 is 1. The van der Waals surface area contributed by atoms with E-state index in [1.165, 1.54) is 18.7 Å². The van der Waals surface area contributed by atoms with Crippen LogP contribution in [0.5, 0.6) is 5.75 Å². The maximum absolute atomic E-state index is 12.8. The number of rotatable bonds is 7. The summed E-state index contributed by atoms with van der Waals surface area (Å²) in [6, 6.07) is 14.8. The first-order valence-corrected chi connectivity index (χ1v) is 10.3. The molecule has 1 amide bonds. The van der Waals surface area contributed by atoms with Crippen LogP contribution in [0.25, 0.3) is 10.9 Å². The summed E-state index contributed by atoms with van der Waals surface area (Å²) >= 11 is 1.44. The zero-order valence-electron chi connectivity index (χ0n) is 17.0. The van der Waals surface area contributed by atoms with Crippen LogP contribution in [-0.2, 0) is 4.79 Å². The van der Waals surface area contributed by atoms with Crippen molar-refractivity contribution in [3.8, 4) is 5.75 Å². The molecule has 0 saturated heterocycles. The van der Waals surface area contributed by atoms with Crippen LogP contribution < -0.4 is 10.1 Å². The van der Waals surface area contributed by atoms with Gasteiger partial charge in [-0.2, -0.15) is 0 Å². The number of aromatic nitrogens is 1. The lowest BCUT2D eigenvalue weighted by Gasteiger charge is -2.16. The Morgan fingerprint density at radius 2 is 1.90 bits per heavy atom. The molecule has 3 rings (SSSR count). The van der Waals surface area contributed by atoms with Gasteiger partial charge in [-0.1, -0.05) is 30.8 Å². The maximum Gasteiger partial charge on any atom is 0.237 e. The van der Waals surface area contributed by atoms with Crippen molar-refractivity contribution < 1.29 is 14.3 Å². The van der Waals surface area contributed by atoms with Crippen molar-refractivity contribution >= 4 is 40.0 Å². The van der Waals surface area contributed by atoms with Crippen LogP contribution in [0.4, 0.5) is 5.69 Å². The molecule has 0 saturated carbocycles. The highest BCUT2D eigenvalue weighted by Crippen LogP contribution is 2.32. The highest BCUT2D eigenvalue weighted by Gasteiger charge is 2.20. The SMILES string of the molecule is CCC(Sc1cc(C)c2cccc(OC)c2n1)C(=O)Nc1ccc(C(C)=O)cc1. The Kier molecular flexibility index (Phi) is 6.54. The summed E-state index contributed by atoms with van der Waals surface area (Å²) < 4.78 is 5.45. The van der Waals surface area contributed by atoms with Crippen molar-refractivity contribution in [2.24, 2.45) is 0 Å². The lowest BCUT2D eigenvalue weighted by Crippen LogP contribution is -2.24. The minimum absolute atomic E-state index is 0.00181. The van der Waals surface area contributed by atoms with E-state index < -0.39 is 0 Å². The van der Waals surface area contributed by atoms with Gasteiger partial charge >= 0.3 is 0 Å². The third-order valence-electron chi connectivity index (χ3n) is 4.69. The summed E-state index contributed by atoms with van der Waals surface area (Å²) in [5, 5.41) is 4.46. The smallest absolute Gasteiger partial charge is 0.237 e. The van der Waals surface area contributed by atoms with Crippen molar-refractivity contribution in [1.82, 2.24) is 4.98 Å². The number of anilines is 1. The largest absolute Gasteiger partial charge is 0.494 e. The van der Waals surface area contributed by atoms with Gasteiger partial charge in [0.1, 0.15) is 11.3 Å². The fraction of sp³-hybridized carbons (Fsp3) is 0.261. The van der Waals surface area contributed by atoms with Gasteiger partial charge in [0.15, 0.2) is 5.78 Å². The molecule has 0 bridgehead atoms. The molecule has 6 heteroatoms. The summed E-state index contributed by atoms with van der Waals surface area (Å²) in [7, 11) is 1.63. The summed E-state index contributed by atoms with van der Waals surface area (Å²) in [6.45, 7) is 5.53. The van der Waals surface area contributed by atoms with E-state index >= 15 is 0 Å². The van der Waals surface area contributed by atoms with Crippen LogP contribution in [0.2, 0.25) is 0 Å². The van der Waals surface area contributed by atoms with E-state index in [-0.39, 0.29) is 16.9 Å². The molecule has 0 aliphatic carbocycles. The second-order valence-corrected chi connectivity index (χ2v) is 7.99. The van der Waals surface area contributed by atoms with Crippen LogP contribution in [0, 0.1) is 6.92 Å². The van der Waals surface area contributed by atoms with E-state index in [0.29, 0.717) is 17.7 Å². The summed E-state index contributed by atoms with van der Waals surface area (Å²) in [6.07, 6.45) is 0.659. The Hall–Kier alpha value is -2.86. The number of para-hydroxylation sites is 1. The first-order valence-electron chi connectivity index (χ1n) is 9.45. The predicted octanol–water partition coefficient (Wildman–Crippen LogP) is 5.26. The molecule has 1 atom stereocenters. The number of ketones is 1. The van der Waals surface area contributed by atoms with Crippen LogP contribution in [0.3, 0.4) is 0 Å². The molecular weight excluding hydrogens is 384 g/mol. The van der Waals surface area contributed by atoms with Gasteiger partial charge in [-0.3, -0.25) is 9.59 Å². The number of aryl methyl sites for hydroxylation is 1. The number of Topliss-reactive ketones (excluding diaryl/α,β-unsaturated/α-hetero) is 1. The van der Waals surface area contributed by atoms with E-state index in [4.69, 9.17) is 9.72 Å². The van der Waals surface area contributed by atoms with Crippen LogP contribution in [0.1, 0.15) is 36.2 Å². The Balaban J connectivity index is 1.80. The standard InChI is InChI=1S/C23H24N2O3S/c1-5-20(23(27)24-17-11-9-16(10-12-17)15(3)26)29-21-13-14(2)18-7-6-8-19(28-4)22(18)25-21/h6-13,20H,5H2,1-4H3,(H,24,27). The normalized spacial score (nSPS) is 11.9. The van der Waals surface area contributed by atoms with Crippen molar-refractivity contribution in [1.29, 1.82) is 0 Å². The highest BCUT2D eigenvalue weighted by atomic mass is 32.2. The van der Waals surface area contributed by atoms with Crippen LogP contribution in [0.15, 0.2) is 53.6 Å². The molecule has 0 aliphatic heterocycles. The maximum atomic E-state index is 12.8. The fourth-order valence-electron chi connectivity index (χ4n) is 3.07. The third kappa shape index (κ3) is 4.77. The zero-order valence-corrected chi connectivity index (χ0v) is 17.8. The lowest BCUT2D eigenvalue weighted by atomic mass is 10.1. The molecular formula is C23H24N2O3S. The lowest BCUT2D eigenvalue weighted by molar-refractivity contribution is -0.115. The second-order valence-electron chi connectivity index (χ2n) is 6.77. The van der Waals surface area contributed by atoms with Crippen molar-refractivity contribution in [3.05, 3.63) is 59.7 Å². The van der Waals surface area contributed by atoms with Crippen LogP contribution >= 0.6 is 11.8 Å². The van der Waals surface area contributed by atoms with Crippen molar-refractivity contribution in [2.45, 2.75) is 37.5 Å². The number of benzene rings is 2. The number of ether oxygens (including phenoxy) is 1. The van der Waals surface area contributed by atoms with Crippen LogP contribution in [-0.4, -0.2) is 29.0 Å². The monoisotopic (exact) mass is 408 g/mol. The average molecular weight is 409 g/mol. The molecule has 0 fully saturated rings. The number of carbonyl (C=O) groups is 2. The van der Waals surface area contributed by atoms with Crippen molar-refractivity contribution in [2.75, 3.05) is 12.4 Å². The molecule has 1 N–H and O–H groups in total. The topological polar surface area (TPSA) is 68.3 Å². The van der Waals surface area contributed by atoms with Gasteiger partial charge in [0.25, 0.3) is 0 Å². The minimum atomic E-state index is -0.290. The van der Waals surface area contributed by atoms with Gasteiger partial charge in [0.05, 0.1) is 17.4 Å². The summed E-state index contributed by atoms with van der Waals surface area (Å²) in [5.74, 6) is 0.627. The van der Waals surface area contributed by atoms with Gasteiger partial charge in [0.2, 0.25) is 5.91 Å². The Morgan fingerprint density at radius 1 is 1.17 bits per heavy atom. The van der Waals surface area contributed by atoms with Crippen molar-refractivity contribution in [3.63, 3.8) is 0 Å². The fourth-order valence-corrected chi connectivity index (χ4v) is 4.08. The quantitative estimate of drug-likeness (QED) is 0.426. The Morgan fingerprint density at radius 3 is 2.52 bits per heavy atom. The Bertz CT molecular complexity index is 1050. The van der Waals surface area contributed by atoms with Gasteiger partial charge in [-0.25, -0.2) is 4.98 Å². The number of carbonyl (C=O) groups excluding carboxylic acids is 2. The average Bonchev–Trinajstić information content (AvgIpc) is 2.72. The highest BCUT2D eigenvalue weighted by molar-refractivity contribution is 8.00. The van der Waals surface area contributed by atoms with E-state index in [1.807, 2.05) is 38.1 Å². The number of amides is 1. The first kappa shape index (κ1) is 20.9.